The van der Waals surface area contributed by atoms with Crippen LogP contribution >= 0.6 is 0 Å². The average molecular weight is 306 g/mol. The van der Waals surface area contributed by atoms with E-state index in [1.54, 1.807) is 0 Å². The molecule has 0 unspecified atom stereocenters. The van der Waals surface area contributed by atoms with Crippen molar-refractivity contribution in [2.45, 2.75) is 64.2 Å². The molecule has 0 aromatic carbocycles. The Hall–Kier alpha value is -0.740. The molecule has 0 aromatic rings. The minimum atomic E-state index is 0.947. The van der Waals surface area contributed by atoms with Crippen LogP contribution in [0, 0.1) is 0 Å². The lowest BCUT2D eigenvalue weighted by molar-refractivity contribution is 0.613. The summed E-state index contributed by atoms with van der Waals surface area (Å²) < 4.78 is 0. The Morgan fingerprint density at radius 1 is 0.545 bits per heavy atom. The second-order valence-corrected chi connectivity index (χ2v) is 6.52. The highest BCUT2D eigenvalue weighted by atomic mass is 15.0. The topological polar surface area (TPSA) is 48.8 Å². The third-order valence-electron chi connectivity index (χ3n) is 4.59. The van der Waals surface area contributed by atoms with E-state index in [9.17, 15) is 0 Å². The molecular weight excluding hydrogens is 272 g/mol. The van der Waals surface area contributed by atoms with Gasteiger partial charge in [-0.3, -0.25) is 9.98 Å². The predicted molar refractivity (Wildman–Crippen MR) is 96.5 cm³/mol. The summed E-state index contributed by atoms with van der Waals surface area (Å²) in [7, 11) is 0. The van der Waals surface area contributed by atoms with Crippen LogP contribution in [0.2, 0.25) is 0 Å². The van der Waals surface area contributed by atoms with Gasteiger partial charge in [0.2, 0.25) is 0 Å². The van der Waals surface area contributed by atoms with E-state index in [-0.39, 0.29) is 0 Å². The van der Waals surface area contributed by atoms with Gasteiger partial charge >= 0.3 is 0 Å². The molecule has 0 spiro atoms. The molecule has 4 heteroatoms. The fourth-order valence-electron chi connectivity index (χ4n) is 3.25. The molecule has 2 N–H and O–H groups in total. The molecule has 0 aromatic heterocycles. The van der Waals surface area contributed by atoms with Gasteiger partial charge in [0.05, 0.1) is 13.1 Å². The van der Waals surface area contributed by atoms with Crippen LogP contribution in [0.5, 0.6) is 0 Å². The minimum Gasteiger partial charge on any atom is -0.314 e. The normalized spacial score (nSPS) is 19.3. The van der Waals surface area contributed by atoms with Crippen molar-refractivity contribution in [3.8, 4) is 0 Å². The smallest absolute Gasteiger partial charge is 0.0513 e. The summed E-state index contributed by atoms with van der Waals surface area (Å²) >= 11 is 0. The molecule has 0 atom stereocenters. The van der Waals surface area contributed by atoms with Crippen LogP contribution in [0.1, 0.15) is 64.2 Å². The van der Waals surface area contributed by atoms with E-state index in [1.807, 2.05) is 0 Å². The fourth-order valence-corrected chi connectivity index (χ4v) is 3.25. The van der Waals surface area contributed by atoms with E-state index in [4.69, 9.17) is 9.98 Å². The molecule has 0 aliphatic heterocycles. The fraction of sp³-hybridized carbons (Fsp3) is 0.889. The van der Waals surface area contributed by atoms with Gasteiger partial charge in [0.25, 0.3) is 0 Å². The summed E-state index contributed by atoms with van der Waals surface area (Å²) in [5.74, 6) is 0. The standard InChI is InChI=1S/C18H34N4/c1-3-7-17(8-4-1)21-15-13-19-11-12-20-14-16-22-18-9-5-2-6-10-18/h19-20H,1-16H2. The van der Waals surface area contributed by atoms with Crippen LogP contribution in [-0.2, 0) is 0 Å². The molecule has 0 heterocycles. The Balaban J connectivity index is 1.36. The maximum absolute atomic E-state index is 4.70. The largest absolute Gasteiger partial charge is 0.314 e. The molecule has 2 rings (SSSR count). The monoisotopic (exact) mass is 306 g/mol. The van der Waals surface area contributed by atoms with Crippen molar-refractivity contribution < 1.29 is 0 Å². The van der Waals surface area contributed by atoms with Crippen LogP contribution in [0.15, 0.2) is 9.98 Å². The van der Waals surface area contributed by atoms with Gasteiger partial charge in [0, 0.05) is 37.6 Å². The van der Waals surface area contributed by atoms with Crippen molar-refractivity contribution in [1.29, 1.82) is 0 Å². The molecule has 22 heavy (non-hydrogen) atoms. The second kappa shape index (κ2) is 11.8. The summed E-state index contributed by atoms with van der Waals surface area (Å²) in [5.41, 5.74) is 2.90. The molecule has 2 saturated carbocycles. The van der Waals surface area contributed by atoms with Crippen molar-refractivity contribution in [2.75, 3.05) is 39.3 Å². The van der Waals surface area contributed by atoms with Crippen LogP contribution in [0.3, 0.4) is 0 Å². The summed E-state index contributed by atoms with van der Waals surface area (Å²) in [6.07, 6.45) is 13.1. The first-order chi connectivity index (χ1) is 10.9. The molecule has 2 fully saturated rings. The first-order valence-corrected chi connectivity index (χ1v) is 9.41. The summed E-state index contributed by atoms with van der Waals surface area (Å²) in [5, 5.41) is 6.92. The zero-order valence-corrected chi connectivity index (χ0v) is 14.2. The number of nitrogens with zero attached hydrogens (tertiary/aromatic N) is 2. The van der Waals surface area contributed by atoms with Gasteiger partial charge in [-0.2, -0.15) is 0 Å². The Morgan fingerprint density at radius 3 is 1.36 bits per heavy atom. The van der Waals surface area contributed by atoms with Gasteiger partial charge < -0.3 is 10.6 Å². The van der Waals surface area contributed by atoms with Crippen molar-refractivity contribution in [2.24, 2.45) is 9.98 Å². The molecular formula is C18H34N4. The Morgan fingerprint density at radius 2 is 0.955 bits per heavy atom. The summed E-state index contributed by atoms with van der Waals surface area (Å²) in [6, 6.07) is 0. The lowest BCUT2D eigenvalue weighted by Crippen LogP contribution is -2.30. The first kappa shape index (κ1) is 17.6. The van der Waals surface area contributed by atoms with Crippen molar-refractivity contribution >= 4 is 11.4 Å². The molecule has 4 nitrogen and oxygen atoms in total. The Labute approximate surface area is 136 Å². The maximum atomic E-state index is 4.70. The van der Waals surface area contributed by atoms with E-state index in [1.165, 1.54) is 75.6 Å². The predicted octanol–water partition coefficient (Wildman–Crippen LogP) is 2.98. The quantitative estimate of drug-likeness (QED) is 0.643. The molecule has 2 aliphatic rings. The third-order valence-corrected chi connectivity index (χ3v) is 4.59. The van der Waals surface area contributed by atoms with E-state index in [2.05, 4.69) is 10.6 Å². The number of rotatable bonds is 9. The molecule has 0 saturated heterocycles. The lowest BCUT2D eigenvalue weighted by Gasteiger charge is -2.12. The van der Waals surface area contributed by atoms with Gasteiger partial charge in [-0.15, -0.1) is 0 Å². The van der Waals surface area contributed by atoms with Crippen molar-refractivity contribution in [3.05, 3.63) is 0 Å². The van der Waals surface area contributed by atoms with Crippen LogP contribution < -0.4 is 10.6 Å². The molecule has 0 radical (unpaired) electrons. The third kappa shape index (κ3) is 8.04. The summed E-state index contributed by atoms with van der Waals surface area (Å²) in [4.78, 5) is 9.40. The number of nitrogens with one attached hydrogen (secondary N) is 2. The zero-order valence-electron chi connectivity index (χ0n) is 14.2. The molecule has 126 valence electrons. The molecule has 2 aliphatic carbocycles. The van der Waals surface area contributed by atoms with E-state index < -0.39 is 0 Å². The van der Waals surface area contributed by atoms with E-state index >= 15 is 0 Å². The molecule has 0 amide bonds. The van der Waals surface area contributed by atoms with Crippen LogP contribution in [0.25, 0.3) is 0 Å². The SMILES string of the molecule is C1CCC(=NCCNCCNCCN=C2CCCCC2)CC1. The average Bonchev–Trinajstić information content (AvgIpc) is 2.58. The molecule has 0 bridgehead atoms. The van der Waals surface area contributed by atoms with Crippen molar-refractivity contribution in [1.82, 2.24) is 10.6 Å². The van der Waals surface area contributed by atoms with E-state index in [0.717, 1.165) is 39.3 Å². The number of aliphatic imine (C=N–C) groups is 2. The highest BCUT2D eigenvalue weighted by Gasteiger charge is 2.06. The number of hydrogen-bond donors (Lipinski definition) is 2. The minimum absolute atomic E-state index is 0.947. The zero-order chi connectivity index (χ0) is 15.3. The Kier molecular flexibility index (Phi) is 9.43. The van der Waals surface area contributed by atoms with Gasteiger partial charge in [-0.1, -0.05) is 12.8 Å². The number of hydrogen-bond acceptors (Lipinski definition) is 4. The Bertz CT molecular complexity index is 299. The van der Waals surface area contributed by atoms with Crippen molar-refractivity contribution in [3.63, 3.8) is 0 Å². The lowest BCUT2D eigenvalue weighted by atomic mass is 9.99. The highest BCUT2D eigenvalue weighted by Crippen LogP contribution is 2.15. The van der Waals surface area contributed by atoms with Gasteiger partial charge in [-0.05, 0) is 51.4 Å². The van der Waals surface area contributed by atoms with E-state index in [0.29, 0.717) is 0 Å². The van der Waals surface area contributed by atoms with Crippen LogP contribution in [-0.4, -0.2) is 50.7 Å². The summed E-state index contributed by atoms with van der Waals surface area (Å²) in [6.45, 7) is 5.97. The second-order valence-electron chi connectivity index (χ2n) is 6.52. The van der Waals surface area contributed by atoms with Crippen LogP contribution in [0.4, 0.5) is 0 Å². The highest BCUT2D eigenvalue weighted by molar-refractivity contribution is 5.85. The van der Waals surface area contributed by atoms with Gasteiger partial charge in [0.15, 0.2) is 0 Å². The first-order valence-electron chi connectivity index (χ1n) is 9.41. The van der Waals surface area contributed by atoms with Gasteiger partial charge in [0.1, 0.15) is 0 Å². The maximum Gasteiger partial charge on any atom is 0.0513 e. The van der Waals surface area contributed by atoms with Gasteiger partial charge in [-0.25, -0.2) is 0 Å².